The largest absolute Gasteiger partial charge is 0.321 e. The Morgan fingerprint density at radius 3 is 2.61 bits per heavy atom. The van der Waals surface area contributed by atoms with E-state index in [9.17, 15) is 10.1 Å². The Kier molecular flexibility index (Phi) is 3.15. The van der Waals surface area contributed by atoms with Crippen LogP contribution in [0.3, 0.4) is 0 Å². The minimum atomic E-state index is -0.417. The highest BCUT2D eigenvalue weighted by Crippen LogP contribution is 2.41. The van der Waals surface area contributed by atoms with E-state index in [0.29, 0.717) is 17.3 Å². The van der Waals surface area contributed by atoms with Crippen LogP contribution in [0.5, 0.6) is 0 Å². The number of benzene rings is 1. The zero-order valence-corrected chi connectivity index (χ0v) is 10.0. The summed E-state index contributed by atoms with van der Waals surface area (Å²) in [5.74, 6) is 11.6. The molecule has 4 N–H and O–H groups in total. The van der Waals surface area contributed by atoms with E-state index in [1.807, 2.05) is 6.07 Å². The van der Waals surface area contributed by atoms with Crippen LogP contribution in [0, 0.1) is 10.1 Å². The van der Waals surface area contributed by atoms with Crippen LogP contribution in [-0.2, 0) is 0 Å². The van der Waals surface area contributed by atoms with Gasteiger partial charge in [0.2, 0.25) is 0 Å². The lowest BCUT2D eigenvalue weighted by Crippen LogP contribution is -2.34. The number of rotatable bonds is 3. The number of nitro groups is 1. The van der Waals surface area contributed by atoms with Gasteiger partial charge in [0.05, 0.1) is 4.92 Å². The summed E-state index contributed by atoms with van der Waals surface area (Å²) in [5.41, 5.74) is 1.55. The van der Waals surface area contributed by atoms with Gasteiger partial charge in [-0.1, -0.05) is 0 Å². The summed E-state index contributed by atoms with van der Waals surface area (Å²) < 4.78 is 0. The number of hydrogen-bond donors (Lipinski definition) is 2. The number of hydrogen-bond acceptors (Lipinski definition) is 5. The molecule has 96 valence electrons. The van der Waals surface area contributed by atoms with E-state index in [0.717, 1.165) is 18.4 Å². The highest BCUT2D eigenvalue weighted by atomic mass is 16.6. The lowest BCUT2D eigenvalue weighted by atomic mass is 10.0. The fourth-order valence-corrected chi connectivity index (χ4v) is 1.89. The first-order chi connectivity index (χ1) is 8.52. The Bertz CT molecular complexity index is 508. The molecule has 0 aromatic heterocycles. The van der Waals surface area contributed by atoms with E-state index >= 15 is 0 Å². The second-order valence-electron chi connectivity index (χ2n) is 4.41. The molecular weight excluding hydrogens is 234 g/mol. The second kappa shape index (κ2) is 4.61. The van der Waals surface area contributed by atoms with Crippen molar-refractivity contribution in [2.24, 2.45) is 16.8 Å². The molecule has 0 amide bonds. The third-order valence-corrected chi connectivity index (χ3v) is 2.91. The molecule has 1 aromatic rings. The van der Waals surface area contributed by atoms with Crippen LogP contribution in [0.25, 0.3) is 0 Å². The number of non-ortho nitro benzene ring substituents is 1. The summed E-state index contributed by atoms with van der Waals surface area (Å²) in [6.45, 7) is 0. The maximum Gasteiger partial charge on any atom is 0.270 e. The average molecular weight is 249 g/mol. The van der Waals surface area contributed by atoms with Gasteiger partial charge in [-0.2, -0.15) is 5.10 Å². The van der Waals surface area contributed by atoms with Crippen molar-refractivity contribution in [2.45, 2.75) is 18.8 Å². The van der Waals surface area contributed by atoms with Crippen LogP contribution in [0.2, 0.25) is 0 Å². The molecule has 1 aliphatic carbocycles. The van der Waals surface area contributed by atoms with Crippen molar-refractivity contribution >= 4 is 11.5 Å². The van der Waals surface area contributed by atoms with E-state index in [4.69, 9.17) is 11.7 Å². The van der Waals surface area contributed by atoms with E-state index in [2.05, 4.69) is 5.10 Å². The third-order valence-electron chi connectivity index (χ3n) is 2.91. The van der Waals surface area contributed by atoms with E-state index in [1.165, 1.54) is 11.1 Å². The van der Waals surface area contributed by atoms with Crippen LogP contribution in [0.1, 0.15) is 29.9 Å². The molecule has 0 bridgehead atoms. The summed E-state index contributed by atoms with van der Waals surface area (Å²) in [5, 5.41) is 15.7. The highest BCUT2D eigenvalue weighted by Gasteiger charge is 2.26. The molecule has 7 nitrogen and oxygen atoms in total. The van der Waals surface area contributed by atoms with Gasteiger partial charge < -0.3 is 5.84 Å². The lowest BCUT2D eigenvalue weighted by molar-refractivity contribution is -0.384. The zero-order chi connectivity index (χ0) is 13.3. The second-order valence-corrected chi connectivity index (χ2v) is 4.41. The first kappa shape index (κ1) is 12.3. The van der Waals surface area contributed by atoms with Crippen molar-refractivity contribution in [3.8, 4) is 0 Å². The fourth-order valence-electron chi connectivity index (χ4n) is 1.89. The van der Waals surface area contributed by atoms with Crippen LogP contribution < -0.4 is 11.7 Å². The van der Waals surface area contributed by atoms with Gasteiger partial charge in [-0.3, -0.25) is 15.1 Å². The topological polar surface area (TPSA) is 111 Å². The van der Waals surface area contributed by atoms with Crippen molar-refractivity contribution in [3.05, 3.63) is 39.4 Å². The first-order valence-electron chi connectivity index (χ1n) is 5.59. The van der Waals surface area contributed by atoms with Gasteiger partial charge in [0, 0.05) is 24.7 Å². The molecule has 0 radical (unpaired) electrons. The summed E-state index contributed by atoms with van der Waals surface area (Å²) in [6.07, 6.45) is 2.13. The Morgan fingerprint density at radius 2 is 2.17 bits per heavy atom. The monoisotopic (exact) mass is 249 g/mol. The van der Waals surface area contributed by atoms with Crippen LogP contribution in [0.15, 0.2) is 23.3 Å². The van der Waals surface area contributed by atoms with Crippen molar-refractivity contribution in [3.63, 3.8) is 0 Å². The van der Waals surface area contributed by atoms with Gasteiger partial charge in [-0.15, -0.1) is 0 Å². The first-order valence-corrected chi connectivity index (χ1v) is 5.59. The minimum Gasteiger partial charge on any atom is -0.321 e. The fraction of sp³-hybridized carbons (Fsp3) is 0.364. The molecule has 0 atom stereocenters. The van der Waals surface area contributed by atoms with Gasteiger partial charge in [0.25, 0.3) is 5.69 Å². The summed E-state index contributed by atoms with van der Waals surface area (Å²) in [6, 6.07) is 4.90. The number of nitrogens with two attached hydrogens (primary N) is 2. The smallest absolute Gasteiger partial charge is 0.270 e. The molecule has 0 spiro atoms. The molecule has 7 heteroatoms. The Balaban J connectivity index is 2.49. The van der Waals surface area contributed by atoms with E-state index in [-0.39, 0.29) is 5.69 Å². The SMILES string of the molecule is CN(N)/C(=N\N)c1cc(C2CC2)cc([N+](=O)[O-])c1. The molecule has 0 heterocycles. The minimum absolute atomic E-state index is 0.0393. The summed E-state index contributed by atoms with van der Waals surface area (Å²) in [4.78, 5) is 10.5. The molecule has 1 saturated carbocycles. The Labute approximate surface area is 104 Å². The number of hydrazone groups is 1. The Hall–Kier alpha value is -2.15. The van der Waals surface area contributed by atoms with Crippen LogP contribution in [0.4, 0.5) is 5.69 Å². The molecule has 2 rings (SSSR count). The molecular formula is C11H15N5O2. The van der Waals surface area contributed by atoms with Crippen molar-refractivity contribution < 1.29 is 4.92 Å². The third kappa shape index (κ3) is 2.40. The summed E-state index contributed by atoms with van der Waals surface area (Å²) in [7, 11) is 1.58. The standard InChI is InChI=1S/C11H15N5O2/c1-15(13)11(14-12)9-4-8(7-2-3-7)5-10(6-9)16(17)18/h4-7H,2-3,12-13H2,1H3/b14-11-. The van der Waals surface area contributed by atoms with Gasteiger partial charge in [0.15, 0.2) is 5.84 Å². The average Bonchev–Trinajstić information content (AvgIpc) is 3.12. The molecule has 0 aliphatic heterocycles. The van der Waals surface area contributed by atoms with E-state index < -0.39 is 4.92 Å². The summed E-state index contributed by atoms with van der Waals surface area (Å²) >= 11 is 0. The van der Waals surface area contributed by atoms with Crippen molar-refractivity contribution in [2.75, 3.05) is 7.05 Å². The van der Waals surface area contributed by atoms with E-state index in [1.54, 1.807) is 13.1 Å². The van der Waals surface area contributed by atoms with Crippen LogP contribution in [-0.4, -0.2) is 22.8 Å². The van der Waals surface area contributed by atoms with Gasteiger partial charge >= 0.3 is 0 Å². The van der Waals surface area contributed by atoms with Gasteiger partial charge in [0.1, 0.15) is 0 Å². The maximum atomic E-state index is 10.9. The van der Waals surface area contributed by atoms with Gasteiger partial charge in [-0.05, 0) is 30.4 Å². The molecule has 0 saturated heterocycles. The number of nitro benzene ring substituents is 1. The van der Waals surface area contributed by atoms with Gasteiger partial charge in [-0.25, -0.2) is 5.84 Å². The van der Waals surface area contributed by atoms with Crippen LogP contribution >= 0.6 is 0 Å². The lowest BCUT2D eigenvalue weighted by Gasteiger charge is -2.14. The molecule has 1 aliphatic rings. The number of hydrazine groups is 1. The molecule has 1 fully saturated rings. The molecule has 0 unspecified atom stereocenters. The van der Waals surface area contributed by atoms with Crippen molar-refractivity contribution in [1.29, 1.82) is 0 Å². The van der Waals surface area contributed by atoms with Crippen molar-refractivity contribution in [1.82, 2.24) is 5.01 Å². The zero-order valence-electron chi connectivity index (χ0n) is 10.0. The predicted octanol–water partition coefficient (Wildman–Crippen LogP) is 0.898. The highest BCUT2D eigenvalue weighted by molar-refractivity contribution is 5.98. The maximum absolute atomic E-state index is 10.9. The predicted molar refractivity (Wildman–Crippen MR) is 67.7 cm³/mol. The normalized spacial score (nSPS) is 15.6. The number of amidine groups is 1. The quantitative estimate of drug-likeness (QED) is 0.272. The number of nitrogens with zero attached hydrogens (tertiary/aromatic N) is 3. The Morgan fingerprint density at radius 1 is 1.50 bits per heavy atom. The molecule has 1 aromatic carbocycles. The molecule has 18 heavy (non-hydrogen) atoms.